The molecule has 0 aliphatic carbocycles. The molecule has 5 heteroatoms. The number of rotatable bonds is 9. The maximum absolute atomic E-state index is 11.3. The second-order valence-electron chi connectivity index (χ2n) is 3.80. The maximum Gasteiger partial charge on any atom is 0.220 e. The van der Waals surface area contributed by atoms with Gasteiger partial charge in [0.2, 0.25) is 11.8 Å². The maximum atomic E-state index is 11.3. The molecule has 0 bridgehead atoms. The Labute approximate surface area is 96.7 Å². The van der Waals surface area contributed by atoms with E-state index in [1.165, 1.54) is 0 Å². The molecular weight excluding hydrogens is 208 g/mol. The molecule has 0 rings (SSSR count). The van der Waals surface area contributed by atoms with E-state index in [-0.39, 0.29) is 17.7 Å². The molecule has 0 aromatic rings. The van der Waals surface area contributed by atoms with Crippen LogP contribution >= 0.6 is 0 Å². The molecule has 0 aromatic carbocycles. The summed E-state index contributed by atoms with van der Waals surface area (Å²) in [6.07, 6.45) is 1.80. The first-order chi connectivity index (χ1) is 7.57. The number of primary amides is 1. The number of carbonyl (C=O) groups is 2. The second kappa shape index (κ2) is 9.15. The van der Waals surface area contributed by atoms with Crippen LogP contribution in [0.25, 0.3) is 0 Å². The van der Waals surface area contributed by atoms with Crippen LogP contribution in [0.3, 0.4) is 0 Å². The van der Waals surface area contributed by atoms with Crippen molar-refractivity contribution in [1.82, 2.24) is 5.32 Å². The quantitative estimate of drug-likeness (QED) is 0.564. The normalized spacial score (nSPS) is 12.1. The predicted octanol–water partition coefficient (Wildman–Crippen LogP) is 0.431. The largest absolute Gasteiger partial charge is 0.380 e. The first kappa shape index (κ1) is 14.9. The number of hydrogen-bond donors (Lipinski definition) is 2. The lowest BCUT2D eigenvalue weighted by atomic mass is 10.1. The molecule has 0 unspecified atom stereocenters. The molecule has 2 amide bonds. The van der Waals surface area contributed by atoms with Crippen molar-refractivity contribution < 1.29 is 14.3 Å². The van der Waals surface area contributed by atoms with Crippen molar-refractivity contribution in [3.63, 3.8) is 0 Å². The van der Waals surface area contributed by atoms with Gasteiger partial charge >= 0.3 is 0 Å². The van der Waals surface area contributed by atoms with Gasteiger partial charge in [0, 0.05) is 25.5 Å². The van der Waals surface area contributed by atoms with Gasteiger partial charge in [0.25, 0.3) is 0 Å². The fraction of sp³-hybridized carbons (Fsp3) is 0.818. The fourth-order valence-corrected chi connectivity index (χ4v) is 1.09. The van der Waals surface area contributed by atoms with Crippen LogP contribution in [0.5, 0.6) is 0 Å². The van der Waals surface area contributed by atoms with Crippen LogP contribution in [0.1, 0.15) is 33.1 Å². The van der Waals surface area contributed by atoms with E-state index in [0.29, 0.717) is 32.6 Å². The molecule has 16 heavy (non-hydrogen) atoms. The van der Waals surface area contributed by atoms with Crippen LogP contribution in [0.2, 0.25) is 0 Å². The van der Waals surface area contributed by atoms with Gasteiger partial charge in [0.05, 0.1) is 6.61 Å². The van der Waals surface area contributed by atoms with Crippen LogP contribution in [0.4, 0.5) is 0 Å². The summed E-state index contributed by atoms with van der Waals surface area (Å²) in [6, 6.07) is 0. The average Bonchev–Trinajstić information content (AvgIpc) is 2.25. The van der Waals surface area contributed by atoms with E-state index in [2.05, 4.69) is 5.32 Å². The van der Waals surface area contributed by atoms with E-state index in [0.717, 1.165) is 6.42 Å². The summed E-state index contributed by atoms with van der Waals surface area (Å²) in [7, 11) is 0. The summed E-state index contributed by atoms with van der Waals surface area (Å²) in [5.74, 6) is -0.672. The number of ether oxygens (including phenoxy) is 1. The summed E-state index contributed by atoms with van der Waals surface area (Å²) >= 11 is 0. The molecule has 0 saturated heterocycles. The Hall–Kier alpha value is -1.10. The Balaban J connectivity index is 3.41. The molecular formula is C11H22N2O3. The Kier molecular flexibility index (Phi) is 8.52. The van der Waals surface area contributed by atoms with E-state index < -0.39 is 0 Å². The molecule has 0 spiro atoms. The van der Waals surface area contributed by atoms with Crippen molar-refractivity contribution in [3.05, 3.63) is 0 Å². The molecule has 0 fully saturated rings. The lowest BCUT2D eigenvalue weighted by molar-refractivity contribution is -0.123. The third kappa shape index (κ3) is 8.23. The Morgan fingerprint density at radius 1 is 1.38 bits per heavy atom. The summed E-state index contributed by atoms with van der Waals surface area (Å²) in [4.78, 5) is 22.0. The monoisotopic (exact) mass is 230 g/mol. The van der Waals surface area contributed by atoms with Crippen molar-refractivity contribution in [2.24, 2.45) is 11.7 Å². The summed E-state index contributed by atoms with van der Waals surface area (Å²) < 4.78 is 5.21. The van der Waals surface area contributed by atoms with Gasteiger partial charge in [-0.3, -0.25) is 9.59 Å². The third-order valence-electron chi connectivity index (χ3n) is 2.21. The molecule has 0 saturated carbocycles. The molecule has 5 nitrogen and oxygen atoms in total. The highest BCUT2D eigenvalue weighted by Crippen LogP contribution is 2.03. The lowest BCUT2D eigenvalue weighted by Crippen LogP contribution is -2.29. The van der Waals surface area contributed by atoms with E-state index >= 15 is 0 Å². The molecule has 0 radical (unpaired) electrons. The van der Waals surface area contributed by atoms with Gasteiger partial charge in [-0.1, -0.05) is 13.8 Å². The zero-order valence-corrected chi connectivity index (χ0v) is 10.1. The van der Waals surface area contributed by atoms with Crippen molar-refractivity contribution in [2.75, 3.05) is 19.8 Å². The van der Waals surface area contributed by atoms with Gasteiger partial charge in [0.15, 0.2) is 0 Å². The van der Waals surface area contributed by atoms with Crippen LogP contribution in [0.15, 0.2) is 0 Å². The number of nitrogens with two attached hydrogens (primary N) is 1. The summed E-state index contributed by atoms with van der Waals surface area (Å²) in [6.45, 7) is 5.52. The average molecular weight is 230 g/mol. The van der Waals surface area contributed by atoms with Gasteiger partial charge in [-0.15, -0.1) is 0 Å². The topological polar surface area (TPSA) is 81.4 Å². The van der Waals surface area contributed by atoms with Crippen LogP contribution in [-0.2, 0) is 14.3 Å². The minimum atomic E-state index is -0.362. The zero-order chi connectivity index (χ0) is 12.4. The predicted molar refractivity (Wildman–Crippen MR) is 61.7 cm³/mol. The lowest BCUT2D eigenvalue weighted by Gasteiger charge is -2.08. The van der Waals surface area contributed by atoms with Gasteiger partial charge in [-0.25, -0.2) is 0 Å². The first-order valence-corrected chi connectivity index (χ1v) is 5.71. The van der Waals surface area contributed by atoms with E-state index in [9.17, 15) is 9.59 Å². The molecule has 0 heterocycles. The standard InChI is InChI=1S/C11H22N2O3/c1-3-7-16-8-6-13-10(14)5-4-9(2)11(12)15/h9H,3-8H2,1-2H3,(H2,12,15)(H,13,14)/t9-/m0/s1. The van der Waals surface area contributed by atoms with E-state index in [1.54, 1.807) is 6.92 Å². The zero-order valence-electron chi connectivity index (χ0n) is 10.1. The van der Waals surface area contributed by atoms with Crippen LogP contribution in [0, 0.1) is 5.92 Å². The van der Waals surface area contributed by atoms with Gasteiger partial charge in [-0.05, 0) is 12.8 Å². The Morgan fingerprint density at radius 3 is 2.62 bits per heavy atom. The van der Waals surface area contributed by atoms with Crippen molar-refractivity contribution in [3.8, 4) is 0 Å². The minimum Gasteiger partial charge on any atom is -0.380 e. The first-order valence-electron chi connectivity index (χ1n) is 5.71. The third-order valence-corrected chi connectivity index (χ3v) is 2.21. The van der Waals surface area contributed by atoms with Crippen LogP contribution < -0.4 is 11.1 Å². The minimum absolute atomic E-state index is 0.0619. The van der Waals surface area contributed by atoms with Gasteiger partial charge in [-0.2, -0.15) is 0 Å². The van der Waals surface area contributed by atoms with Crippen LogP contribution in [-0.4, -0.2) is 31.6 Å². The molecule has 1 atom stereocenters. The van der Waals surface area contributed by atoms with Crippen molar-refractivity contribution >= 4 is 11.8 Å². The van der Waals surface area contributed by atoms with Gasteiger partial charge in [0.1, 0.15) is 0 Å². The summed E-state index contributed by atoms with van der Waals surface area (Å²) in [5.41, 5.74) is 5.09. The number of nitrogens with one attached hydrogen (secondary N) is 1. The SMILES string of the molecule is CCCOCCNC(=O)CC[C@H](C)C(N)=O. The molecule has 0 aliphatic heterocycles. The summed E-state index contributed by atoms with van der Waals surface area (Å²) in [5, 5.41) is 2.72. The molecule has 0 aliphatic rings. The highest BCUT2D eigenvalue weighted by Gasteiger charge is 2.10. The molecule has 3 N–H and O–H groups in total. The second-order valence-corrected chi connectivity index (χ2v) is 3.80. The number of carbonyl (C=O) groups excluding carboxylic acids is 2. The number of hydrogen-bond acceptors (Lipinski definition) is 3. The Morgan fingerprint density at radius 2 is 2.06 bits per heavy atom. The highest BCUT2D eigenvalue weighted by molar-refractivity contribution is 5.79. The fourth-order valence-electron chi connectivity index (χ4n) is 1.09. The molecule has 0 aromatic heterocycles. The van der Waals surface area contributed by atoms with E-state index in [4.69, 9.17) is 10.5 Å². The Bertz CT molecular complexity index is 219. The molecule has 94 valence electrons. The van der Waals surface area contributed by atoms with Crippen molar-refractivity contribution in [1.29, 1.82) is 0 Å². The van der Waals surface area contributed by atoms with E-state index in [1.807, 2.05) is 6.92 Å². The highest BCUT2D eigenvalue weighted by atomic mass is 16.5. The van der Waals surface area contributed by atoms with Gasteiger partial charge < -0.3 is 15.8 Å². The van der Waals surface area contributed by atoms with Crippen molar-refractivity contribution in [2.45, 2.75) is 33.1 Å². The smallest absolute Gasteiger partial charge is 0.220 e. The number of amides is 2.